The largest absolute Gasteiger partial charge is 0.497 e. The SMILES string of the molecule is COc1cccc(CN(C)C(=O)C2=NCC(=O)N(c3ccccc3)N2)c1. The molecule has 1 N–H and O–H groups in total. The lowest BCUT2D eigenvalue weighted by Crippen LogP contribution is -2.55. The first kappa shape index (κ1) is 17.5. The van der Waals surface area contributed by atoms with Crippen LogP contribution in [0.25, 0.3) is 0 Å². The summed E-state index contributed by atoms with van der Waals surface area (Å²) >= 11 is 0. The summed E-state index contributed by atoms with van der Waals surface area (Å²) in [6.07, 6.45) is 0. The first-order valence-electron chi connectivity index (χ1n) is 8.16. The summed E-state index contributed by atoms with van der Waals surface area (Å²) in [4.78, 5) is 30.4. The van der Waals surface area contributed by atoms with E-state index < -0.39 is 0 Å². The van der Waals surface area contributed by atoms with Crippen LogP contribution in [0.2, 0.25) is 0 Å². The molecule has 7 heteroatoms. The normalized spacial score (nSPS) is 13.7. The summed E-state index contributed by atoms with van der Waals surface area (Å²) in [5.74, 6) is 0.362. The molecule has 7 nitrogen and oxygen atoms in total. The number of carbonyl (C=O) groups is 2. The van der Waals surface area contributed by atoms with Gasteiger partial charge < -0.3 is 9.64 Å². The number of likely N-dealkylation sites (N-methyl/N-ethyl adjacent to an activating group) is 1. The molecule has 1 heterocycles. The Kier molecular flexibility index (Phi) is 5.17. The highest BCUT2D eigenvalue weighted by Gasteiger charge is 2.27. The number of hydrogen-bond acceptors (Lipinski definition) is 5. The topological polar surface area (TPSA) is 74.2 Å². The number of carbonyl (C=O) groups excluding carboxylic acids is 2. The number of methoxy groups -OCH3 is 1. The van der Waals surface area contributed by atoms with Crippen molar-refractivity contribution in [3.05, 3.63) is 60.2 Å². The van der Waals surface area contributed by atoms with Crippen LogP contribution in [0.1, 0.15) is 5.56 Å². The maximum atomic E-state index is 12.7. The fourth-order valence-electron chi connectivity index (χ4n) is 2.62. The smallest absolute Gasteiger partial charge is 0.290 e. The van der Waals surface area contributed by atoms with Crippen LogP contribution in [-0.4, -0.2) is 43.3 Å². The molecule has 0 bridgehead atoms. The average Bonchev–Trinajstić information content (AvgIpc) is 2.68. The predicted molar refractivity (Wildman–Crippen MR) is 98.8 cm³/mol. The number of anilines is 1. The molecule has 0 aliphatic carbocycles. The number of amides is 2. The Hall–Kier alpha value is -3.35. The van der Waals surface area contributed by atoms with E-state index in [4.69, 9.17) is 4.74 Å². The Morgan fingerprint density at radius 1 is 1.23 bits per heavy atom. The van der Waals surface area contributed by atoms with Crippen molar-refractivity contribution in [1.82, 2.24) is 10.3 Å². The number of nitrogens with zero attached hydrogens (tertiary/aromatic N) is 3. The third kappa shape index (κ3) is 3.83. The van der Waals surface area contributed by atoms with E-state index in [0.29, 0.717) is 12.2 Å². The van der Waals surface area contributed by atoms with Gasteiger partial charge in [-0.05, 0) is 29.8 Å². The number of hydrogen-bond donors (Lipinski definition) is 1. The number of hydrazine groups is 1. The molecule has 2 aromatic carbocycles. The number of nitrogens with one attached hydrogen (secondary N) is 1. The quantitative estimate of drug-likeness (QED) is 0.887. The molecule has 1 aliphatic heterocycles. The van der Waals surface area contributed by atoms with E-state index in [1.807, 2.05) is 42.5 Å². The van der Waals surface area contributed by atoms with E-state index in [0.717, 1.165) is 11.3 Å². The lowest BCUT2D eigenvalue weighted by molar-refractivity contribution is -0.123. The monoisotopic (exact) mass is 352 g/mol. The summed E-state index contributed by atoms with van der Waals surface area (Å²) in [6, 6.07) is 16.6. The van der Waals surface area contributed by atoms with Crippen LogP contribution >= 0.6 is 0 Å². The number of rotatable bonds is 5. The first-order valence-corrected chi connectivity index (χ1v) is 8.16. The molecule has 134 valence electrons. The van der Waals surface area contributed by atoms with Crippen molar-refractivity contribution in [2.24, 2.45) is 4.99 Å². The summed E-state index contributed by atoms with van der Waals surface area (Å²) in [6.45, 7) is 0.325. The van der Waals surface area contributed by atoms with Crippen LogP contribution in [0.4, 0.5) is 5.69 Å². The maximum absolute atomic E-state index is 12.7. The van der Waals surface area contributed by atoms with Gasteiger partial charge in [-0.15, -0.1) is 0 Å². The molecule has 0 aromatic heterocycles. The third-order valence-corrected chi connectivity index (χ3v) is 3.96. The van der Waals surface area contributed by atoms with Gasteiger partial charge in [0.1, 0.15) is 12.3 Å². The van der Waals surface area contributed by atoms with Gasteiger partial charge in [0.25, 0.3) is 11.8 Å². The van der Waals surface area contributed by atoms with Crippen molar-refractivity contribution in [3.8, 4) is 5.75 Å². The van der Waals surface area contributed by atoms with Crippen molar-refractivity contribution < 1.29 is 14.3 Å². The number of amidine groups is 1. The lowest BCUT2D eigenvalue weighted by atomic mass is 10.2. The number of aliphatic imine (C=N–C) groups is 1. The van der Waals surface area contributed by atoms with E-state index in [9.17, 15) is 9.59 Å². The first-order chi connectivity index (χ1) is 12.6. The molecule has 3 rings (SSSR count). The number of ether oxygens (including phenoxy) is 1. The van der Waals surface area contributed by atoms with Gasteiger partial charge in [0, 0.05) is 13.6 Å². The fraction of sp³-hybridized carbons (Fsp3) is 0.211. The van der Waals surface area contributed by atoms with Crippen molar-refractivity contribution in [3.63, 3.8) is 0 Å². The summed E-state index contributed by atoms with van der Waals surface area (Å²) < 4.78 is 5.20. The van der Waals surface area contributed by atoms with Gasteiger partial charge in [0.2, 0.25) is 5.84 Å². The minimum atomic E-state index is -0.291. The highest BCUT2D eigenvalue weighted by atomic mass is 16.5. The Labute approximate surface area is 151 Å². The molecule has 0 saturated heterocycles. The molecular formula is C19H20N4O3. The Morgan fingerprint density at radius 3 is 2.73 bits per heavy atom. The fourth-order valence-corrected chi connectivity index (χ4v) is 2.62. The number of para-hydroxylation sites is 1. The van der Waals surface area contributed by atoms with Gasteiger partial charge in [-0.25, -0.2) is 5.01 Å². The molecule has 0 spiro atoms. The van der Waals surface area contributed by atoms with Gasteiger partial charge in [0.05, 0.1) is 12.8 Å². The minimum Gasteiger partial charge on any atom is -0.497 e. The molecule has 0 unspecified atom stereocenters. The van der Waals surface area contributed by atoms with Gasteiger partial charge in [-0.1, -0.05) is 30.3 Å². The van der Waals surface area contributed by atoms with E-state index in [1.54, 1.807) is 31.2 Å². The molecule has 2 aromatic rings. The standard InChI is InChI=1S/C19H20N4O3/c1-22(13-14-7-6-10-16(11-14)26-2)19(25)18-20-12-17(24)23(21-18)15-8-4-3-5-9-15/h3-11H,12-13H2,1-2H3,(H,20,21). The zero-order chi connectivity index (χ0) is 18.5. The van der Waals surface area contributed by atoms with Crippen LogP contribution in [-0.2, 0) is 16.1 Å². The molecular weight excluding hydrogens is 332 g/mol. The molecule has 26 heavy (non-hydrogen) atoms. The average molecular weight is 352 g/mol. The molecule has 0 atom stereocenters. The molecule has 2 amide bonds. The Morgan fingerprint density at radius 2 is 2.00 bits per heavy atom. The molecule has 1 aliphatic rings. The summed E-state index contributed by atoms with van der Waals surface area (Å²) in [5.41, 5.74) is 4.42. The number of benzene rings is 2. The van der Waals surface area contributed by atoms with Crippen molar-refractivity contribution in [1.29, 1.82) is 0 Å². The minimum absolute atomic E-state index is 0.0734. The van der Waals surface area contributed by atoms with Crippen LogP contribution in [0.5, 0.6) is 5.75 Å². The van der Waals surface area contributed by atoms with Crippen LogP contribution in [0, 0.1) is 0 Å². The highest BCUT2D eigenvalue weighted by Crippen LogP contribution is 2.15. The van der Waals surface area contributed by atoms with Crippen LogP contribution in [0.15, 0.2) is 59.6 Å². The highest BCUT2D eigenvalue weighted by molar-refractivity contribution is 6.39. The second-order valence-corrected chi connectivity index (χ2v) is 5.85. The second-order valence-electron chi connectivity index (χ2n) is 5.85. The van der Waals surface area contributed by atoms with E-state index in [2.05, 4.69) is 10.4 Å². The predicted octanol–water partition coefficient (Wildman–Crippen LogP) is 1.60. The van der Waals surface area contributed by atoms with Gasteiger partial charge >= 0.3 is 0 Å². The van der Waals surface area contributed by atoms with E-state index in [1.165, 1.54) is 5.01 Å². The lowest BCUT2D eigenvalue weighted by Gasteiger charge is -2.29. The Bertz CT molecular complexity index is 836. The molecule has 0 fully saturated rings. The van der Waals surface area contributed by atoms with Crippen LogP contribution < -0.4 is 15.2 Å². The summed E-state index contributed by atoms with van der Waals surface area (Å²) in [7, 11) is 3.29. The van der Waals surface area contributed by atoms with Crippen LogP contribution in [0.3, 0.4) is 0 Å². The van der Waals surface area contributed by atoms with Gasteiger partial charge in [0.15, 0.2) is 0 Å². The van der Waals surface area contributed by atoms with Gasteiger partial charge in [-0.3, -0.25) is 20.0 Å². The van der Waals surface area contributed by atoms with E-state index in [-0.39, 0.29) is 24.2 Å². The third-order valence-electron chi connectivity index (χ3n) is 3.96. The zero-order valence-electron chi connectivity index (χ0n) is 14.7. The van der Waals surface area contributed by atoms with Crippen molar-refractivity contribution in [2.75, 3.05) is 25.7 Å². The molecule has 0 saturated carbocycles. The maximum Gasteiger partial charge on any atom is 0.290 e. The van der Waals surface area contributed by atoms with Gasteiger partial charge in [-0.2, -0.15) is 0 Å². The van der Waals surface area contributed by atoms with E-state index >= 15 is 0 Å². The Balaban J connectivity index is 1.71. The molecule has 0 radical (unpaired) electrons. The summed E-state index contributed by atoms with van der Waals surface area (Å²) in [5, 5.41) is 1.35. The zero-order valence-corrected chi connectivity index (χ0v) is 14.7. The second kappa shape index (κ2) is 7.69. The van der Waals surface area contributed by atoms with Crippen molar-refractivity contribution in [2.45, 2.75) is 6.54 Å². The van der Waals surface area contributed by atoms with Crippen molar-refractivity contribution >= 4 is 23.3 Å².